The van der Waals surface area contributed by atoms with Crippen LogP contribution >= 0.6 is 0 Å². The van der Waals surface area contributed by atoms with Crippen molar-refractivity contribution in [3.8, 4) is 0 Å². The van der Waals surface area contributed by atoms with Crippen molar-refractivity contribution < 1.29 is 8.42 Å². The van der Waals surface area contributed by atoms with E-state index in [1.165, 1.54) is 4.31 Å². The minimum Gasteiger partial charge on any atom is -0.243 e. The molecule has 1 saturated heterocycles. The van der Waals surface area contributed by atoms with Crippen LogP contribution in [0.4, 0.5) is 0 Å². The van der Waals surface area contributed by atoms with E-state index in [9.17, 15) is 8.42 Å². The molecule has 4 rings (SSSR count). The van der Waals surface area contributed by atoms with E-state index in [-0.39, 0.29) is 11.1 Å². The average molecular weight is 324 g/mol. The normalized spacial score (nSPS) is 20.6. The quantitative estimate of drug-likeness (QED) is 0.695. The summed E-state index contributed by atoms with van der Waals surface area (Å²) in [4.78, 5) is 4.06. The zero-order valence-corrected chi connectivity index (χ0v) is 13.5. The van der Waals surface area contributed by atoms with Crippen LogP contribution in [0.15, 0.2) is 65.8 Å². The van der Waals surface area contributed by atoms with Gasteiger partial charge in [-0.25, -0.2) is 13.4 Å². The van der Waals surface area contributed by atoms with Crippen molar-refractivity contribution >= 4 is 20.8 Å². The number of fused-ring (bicyclic) bond motifs is 1. The van der Waals surface area contributed by atoms with Gasteiger partial charge in [-0.05, 0) is 41.0 Å². The summed E-state index contributed by atoms with van der Waals surface area (Å²) in [6.45, 7) is 2.40. The molecule has 0 aliphatic carbocycles. The summed E-state index contributed by atoms with van der Waals surface area (Å²) in [6, 6.07) is 17.4. The highest BCUT2D eigenvalue weighted by molar-refractivity contribution is 7.89. The molecular formula is C18H16N2O2S. The first kappa shape index (κ1) is 14.4. The molecule has 5 heteroatoms. The summed E-state index contributed by atoms with van der Waals surface area (Å²) in [5.41, 5.74) is 1.97. The number of hydrogen-bond donors (Lipinski definition) is 0. The van der Waals surface area contributed by atoms with E-state index >= 15 is 0 Å². The van der Waals surface area contributed by atoms with Crippen LogP contribution in [-0.4, -0.2) is 24.3 Å². The first-order chi connectivity index (χ1) is 11.1. The van der Waals surface area contributed by atoms with Crippen molar-refractivity contribution in [1.29, 1.82) is 0 Å². The standard InChI is InChI=1S/C18H16N2O2S/c1-13-6-9-18(19-11-13)23(21,22)20-12-17(20)16-8-7-14-4-2-3-5-15(14)10-16/h2-11,17H,12H2,1H3. The number of benzene rings is 2. The van der Waals surface area contributed by atoms with Gasteiger partial charge >= 0.3 is 0 Å². The van der Waals surface area contributed by atoms with E-state index in [0.717, 1.165) is 21.9 Å². The maximum atomic E-state index is 12.6. The predicted molar refractivity (Wildman–Crippen MR) is 89.6 cm³/mol. The Morgan fingerprint density at radius 1 is 1.04 bits per heavy atom. The summed E-state index contributed by atoms with van der Waals surface area (Å²) < 4.78 is 26.7. The number of sulfonamides is 1. The van der Waals surface area contributed by atoms with Crippen LogP contribution in [0.2, 0.25) is 0 Å². The molecule has 0 saturated carbocycles. The van der Waals surface area contributed by atoms with Crippen molar-refractivity contribution in [1.82, 2.24) is 9.29 Å². The Hall–Kier alpha value is -2.24. The molecule has 1 aliphatic heterocycles. The smallest absolute Gasteiger partial charge is 0.243 e. The molecule has 2 atom stereocenters. The van der Waals surface area contributed by atoms with Crippen LogP contribution in [0.25, 0.3) is 10.8 Å². The molecule has 0 spiro atoms. The first-order valence-electron chi connectivity index (χ1n) is 7.49. The van der Waals surface area contributed by atoms with Gasteiger partial charge in [0.2, 0.25) is 0 Å². The maximum Gasteiger partial charge on any atom is 0.261 e. The minimum absolute atomic E-state index is 0.0901. The summed E-state index contributed by atoms with van der Waals surface area (Å²) >= 11 is 0. The van der Waals surface area contributed by atoms with Gasteiger partial charge in [-0.1, -0.05) is 42.5 Å². The molecule has 116 valence electrons. The number of aromatic nitrogens is 1. The number of nitrogens with zero attached hydrogens (tertiary/aromatic N) is 2. The van der Waals surface area contributed by atoms with E-state index in [2.05, 4.69) is 17.1 Å². The molecule has 1 aliphatic rings. The third kappa shape index (κ3) is 2.52. The van der Waals surface area contributed by atoms with Crippen LogP contribution in [0.5, 0.6) is 0 Å². The minimum atomic E-state index is -3.51. The van der Waals surface area contributed by atoms with Crippen molar-refractivity contribution in [2.24, 2.45) is 0 Å². The predicted octanol–water partition coefficient (Wildman–Crippen LogP) is 3.29. The average Bonchev–Trinajstić information content (AvgIpc) is 3.36. The van der Waals surface area contributed by atoms with Gasteiger partial charge < -0.3 is 0 Å². The van der Waals surface area contributed by atoms with E-state index in [1.807, 2.05) is 37.3 Å². The summed E-state index contributed by atoms with van der Waals surface area (Å²) in [5, 5.41) is 2.40. The highest BCUT2D eigenvalue weighted by atomic mass is 32.2. The van der Waals surface area contributed by atoms with Gasteiger partial charge in [0.15, 0.2) is 5.03 Å². The SMILES string of the molecule is Cc1ccc(S(=O)(=O)N2CC2c2ccc3ccccc3c2)nc1. The Kier molecular flexibility index (Phi) is 3.21. The summed E-state index contributed by atoms with van der Waals surface area (Å²) in [7, 11) is -3.51. The highest BCUT2D eigenvalue weighted by Crippen LogP contribution is 2.40. The van der Waals surface area contributed by atoms with Crippen LogP contribution in [0, 0.1) is 6.92 Å². The van der Waals surface area contributed by atoms with Gasteiger partial charge in [-0.15, -0.1) is 0 Å². The lowest BCUT2D eigenvalue weighted by molar-refractivity contribution is 0.550. The van der Waals surface area contributed by atoms with Crippen LogP contribution in [0.1, 0.15) is 17.2 Å². The molecule has 2 heterocycles. The lowest BCUT2D eigenvalue weighted by atomic mass is 10.1. The summed E-state index contributed by atoms with van der Waals surface area (Å²) in [5.74, 6) is 0. The molecule has 0 N–H and O–H groups in total. The molecular weight excluding hydrogens is 308 g/mol. The summed E-state index contributed by atoms with van der Waals surface area (Å²) in [6.07, 6.45) is 1.58. The van der Waals surface area contributed by atoms with E-state index < -0.39 is 10.0 Å². The molecule has 0 amide bonds. The van der Waals surface area contributed by atoms with Gasteiger partial charge in [0.25, 0.3) is 10.0 Å². The fraction of sp³-hybridized carbons (Fsp3) is 0.167. The third-order valence-electron chi connectivity index (χ3n) is 4.18. The van der Waals surface area contributed by atoms with E-state index in [4.69, 9.17) is 0 Å². The van der Waals surface area contributed by atoms with Crippen molar-refractivity contribution in [2.45, 2.75) is 18.0 Å². The van der Waals surface area contributed by atoms with Gasteiger partial charge in [-0.3, -0.25) is 0 Å². The molecule has 1 fully saturated rings. The number of pyridine rings is 1. The Labute approximate surface area is 135 Å². The fourth-order valence-electron chi connectivity index (χ4n) is 2.80. The first-order valence-corrected chi connectivity index (χ1v) is 8.93. The van der Waals surface area contributed by atoms with Crippen molar-refractivity contribution in [3.05, 3.63) is 71.9 Å². The zero-order valence-electron chi connectivity index (χ0n) is 12.7. The van der Waals surface area contributed by atoms with Gasteiger partial charge in [0.1, 0.15) is 0 Å². The molecule has 0 bridgehead atoms. The number of rotatable bonds is 3. The monoisotopic (exact) mass is 324 g/mol. The lowest BCUT2D eigenvalue weighted by Crippen LogP contribution is -2.14. The fourth-order valence-corrected chi connectivity index (χ4v) is 4.26. The Bertz CT molecular complexity index is 981. The topological polar surface area (TPSA) is 50.0 Å². The molecule has 3 aromatic rings. The Morgan fingerprint density at radius 3 is 2.57 bits per heavy atom. The number of aryl methyl sites for hydroxylation is 1. The highest BCUT2D eigenvalue weighted by Gasteiger charge is 2.46. The van der Waals surface area contributed by atoms with E-state index in [0.29, 0.717) is 6.54 Å². The molecule has 4 nitrogen and oxygen atoms in total. The zero-order chi connectivity index (χ0) is 16.0. The van der Waals surface area contributed by atoms with Crippen LogP contribution in [-0.2, 0) is 10.0 Å². The van der Waals surface area contributed by atoms with E-state index in [1.54, 1.807) is 18.3 Å². The van der Waals surface area contributed by atoms with Gasteiger partial charge in [0, 0.05) is 12.7 Å². The molecule has 2 unspecified atom stereocenters. The molecule has 2 aromatic carbocycles. The van der Waals surface area contributed by atoms with Crippen LogP contribution in [0.3, 0.4) is 0 Å². The Morgan fingerprint density at radius 2 is 1.83 bits per heavy atom. The van der Waals surface area contributed by atoms with Crippen molar-refractivity contribution in [3.63, 3.8) is 0 Å². The molecule has 23 heavy (non-hydrogen) atoms. The number of hydrogen-bond acceptors (Lipinski definition) is 3. The largest absolute Gasteiger partial charge is 0.261 e. The lowest BCUT2D eigenvalue weighted by Gasteiger charge is -2.07. The maximum absolute atomic E-state index is 12.6. The van der Waals surface area contributed by atoms with Crippen molar-refractivity contribution in [2.75, 3.05) is 6.54 Å². The second-order valence-corrected chi connectivity index (χ2v) is 7.71. The third-order valence-corrected chi connectivity index (χ3v) is 5.97. The van der Waals surface area contributed by atoms with Gasteiger partial charge in [0.05, 0.1) is 6.04 Å². The van der Waals surface area contributed by atoms with Crippen LogP contribution < -0.4 is 0 Å². The van der Waals surface area contributed by atoms with Gasteiger partial charge in [-0.2, -0.15) is 4.31 Å². The second-order valence-electron chi connectivity index (χ2n) is 5.87. The Balaban J connectivity index is 1.64. The molecule has 1 aromatic heterocycles. The molecule has 0 radical (unpaired) electrons. The second kappa shape index (κ2) is 5.15.